The molecule has 3 aromatic rings. The van der Waals surface area contributed by atoms with Gasteiger partial charge in [-0.2, -0.15) is 0 Å². The molecule has 0 fully saturated rings. The zero-order chi connectivity index (χ0) is 23.8. The van der Waals surface area contributed by atoms with Gasteiger partial charge >= 0.3 is 0 Å². The molecule has 0 saturated heterocycles. The molecule has 2 heterocycles. The summed E-state index contributed by atoms with van der Waals surface area (Å²) in [5.74, 6) is -2.43. The second-order valence-corrected chi connectivity index (χ2v) is 10.6. The van der Waals surface area contributed by atoms with E-state index in [4.69, 9.17) is 0 Å². The van der Waals surface area contributed by atoms with E-state index in [1.807, 2.05) is 0 Å². The van der Waals surface area contributed by atoms with Crippen LogP contribution in [-0.2, 0) is 27.5 Å². The number of anilines is 2. The molecule has 7 nitrogen and oxygen atoms in total. The maximum absolute atomic E-state index is 14.4. The van der Waals surface area contributed by atoms with Crippen molar-refractivity contribution in [3.63, 3.8) is 0 Å². The number of halogens is 2. The standard InChI is InChI=1S/C22H19F2N3O4S2/c1-2-33(30,31)14-8-7-13(16(24)12-14)11-19(28)26-22-25-17-9-10-27(21(29)20(17)32-22)18-6-4-3-5-15(18)23/h3-8,12H,2,9-11H2,1H3,(H,25,26,28). The van der Waals surface area contributed by atoms with E-state index < -0.39 is 33.3 Å². The van der Waals surface area contributed by atoms with Crippen molar-refractivity contribution in [1.82, 2.24) is 4.98 Å². The van der Waals surface area contributed by atoms with Crippen LogP contribution in [0.4, 0.5) is 19.6 Å². The van der Waals surface area contributed by atoms with Crippen molar-refractivity contribution in [3.8, 4) is 0 Å². The molecule has 1 aliphatic rings. The molecule has 0 aliphatic carbocycles. The topological polar surface area (TPSA) is 96.4 Å². The quantitative estimate of drug-likeness (QED) is 0.569. The number of thiazole rings is 1. The monoisotopic (exact) mass is 491 g/mol. The molecule has 0 saturated carbocycles. The Morgan fingerprint density at radius 1 is 1.18 bits per heavy atom. The van der Waals surface area contributed by atoms with Crippen molar-refractivity contribution in [2.75, 3.05) is 22.5 Å². The number of hydrogen-bond acceptors (Lipinski definition) is 6. The van der Waals surface area contributed by atoms with Crippen LogP contribution in [-0.4, -0.2) is 37.5 Å². The number of rotatable bonds is 6. The van der Waals surface area contributed by atoms with E-state index in [1.54, 1.807) is 6.07 Å². The number of hydrogen-bond donors (Lipinski definition) is 1. The summed E-state index contributed by atoms with van der Waals surface area (Å²) in [6.07, 6.45) is 0.0571. The number of carbonyl (C=O) groups excluding carboxylic acids is 2. The van der Waals surface area contributed by atoms with Gasteiger partial charge < -0.3 is 10.2 Å². The molecule has 172 valence electrons. The number of amides is 2. The molecule has 2 amide bonds. The first-order valence-corrected chi connectivity index (χ1v) is 12.5. The lowest BCUT2D eigenvalue weighted by Crippen LogP contribution is -2.37. The van der Waals surface area contributed by atoms with Gasteiger partial charge in [-0.1, -0.05) is 36.5 Å². The third-order valence-corrected chi connectivity index (χ3v) is 7.95. The van der Waals surface area contributed by atoms with Crippen LogP contribution in [0.5, 0.6) is 0 Å². The molecule has 11 heteroatoms. The summed E-state index contributed by atoms with van der Waals surface area (Å²) in [6, 6.07) is 9.41. The average molecular weight is 492 g/mol. The second-order valence-electron chi connectivity index (χ2n) is 7.33. The van der Waals surface area contributed by atoms with E-state index in [2.05, 4.69) is 10.3 Å². The first-order valence-electron chi connectivity index (χ1n) is 10.1. The van der Waals surface area contributed by atoms with Crippen molar-refractivity contribution >= 4 is 43.8 Å². The lowest BCUT2D eigenvalue weighted by molar-refractivity contribution is -0.115. The van der Waals surface area contributed by atoms with Crippen molar-refractivity contribution in [2.45, 2.75) is 24.7 Å². The Labute approximate surface area is 193 Å². The van der Waals surface area contributed by atoms with Gasteiger partial charge in [-0.25, -0.2) is 22.2 Å². The molecule has 1 N–H and O–H groups in total. The molecule has 33 heavy (non-hydrogen) atoms. The highest BCUT2D eigenvalue weighted by molar-refractivity contribution is 7.91. The van der Waals surface area contributed by atoms with Gasteiger partial charge in [0, 0.05) is 13.0 Å². The zero-order valence-electron chi connectivity index (χ0n) is 17.5. The highest BCUT2D eigenvalue weighted by Crippen LogP contribution is 2.32. The van der Waals surface area contributed by atoms with Crippen LogP contribution < -0.4 is 10.2 Å². The minimum absolute atomic E-state index is 0.0330. The summed E-state index contributed by atoms with van der Waals surface area (Å²) in [7, 11) is -3.56. The van der Waals surface area contributed by atoms with E-state index in [0.29, 0.717) is 17.0 Å². The van der Waals surface area contributed by atoms with Crippen molar-refractivity contribution in [3.05, 3.63) is 70.2 Å². The molecular weight excluding hydrogens is 472 g/mol. The first-order chi connectivity index (χ1) is 15.7. The highest BCUT2D eigenvalue weighted by Gasteiger charge is 2.31. The van der Waals surface area contributed by atoms with Gasteiger partial charge in [-0.05, 0) is 29.8 Å². The summed E-state index contributed by atoms with van der Waals surface area (Å²) >= 11 is 0.970. The smallest absolute Gasteiger partial charge is 0.270 e. The summed E-state index contributed by atoms with van der Waals surface area (Å²) < 4.78 is 52.2. The number of aromatic nitrogens is 1. The number of fused-ring (bicyclic) bond motifs is 1. The number of sulfone groups is 1. The number of nitrogens with zero attached hydrogens (tertiary/aromatic N) is 2. The normalized spacial score (nSPS) is 13.7. The molecule has 0 spiro atoms. The van der Waals surface area contributed by atoms with Crippen molar-refractivity contribution in [1.29, 1.82) is 0 Å². The lowest BCUT2D eigenvalue weighted by atomic mass is 10.1. The fourth-order valence-electron chi connectivity index (χ4n) is 3.45. The fraction of sp³-hybridized carbons (Fsp3) is 0.227. The van der Waals surface area contributed by atoms with Gasteiger partial charge in [-0.15, -0.1) is 0 Å². The van der Waals surface area contributed by atoms with Crippen LogP contribution in [0.2, 0.25) is 0 Å². The Bertz CT molecular complexity index is 1360. The molecule has 1 aliphatic heterocycles. The minimum Gasteiger partial charge on any atom is -0.304 e. The number of benzene rings is 2. The van der Waals surface area contributed by atoms with Crippen LogP contribution in [0, 0.1) is 11.6 Å². The van der Waals surface area contributed by atoms with Crippen LogP contribution in [0.3, 0.4) is 0 Å². The minimum atomic E-state index is -3.56. The molecule has 0 unspecified atom stereocenters. The second kappa shape index (κ2) is 8.99. The molecule has 1 aromatic heterocycles. The molecule has 0 bridgehead atoms. The Kier molecular flexibility index (Phi) is 6.26. The Morgan fingerprint density at radius 2 is 1.94 bits per heavy atom. The summed E-state index contributed by atoms with van der Waals surface area (Å²) in [5.41, 5.74) is 0.718. The predicted octanol–water partition coefficient (Wildman–Crippen LogP) is 3.60. The van der Waals surface area contributed by atoms with E-state index in [1.165, 1.54) is 42.2 Å². The van der Waals surface area contributed by atoms with E-state index in [9.17, 15) is 26.8 Å². The van der Waals surface area contributed by atoms with Gasteiger partial charge in [0.2, 0.25) is 5.91 Å². The number of para-hydroxylation sites is 1. The van der Waals surface area contributed by atoms with Crippen LogP contribution in [0.15, 0.2) is 47.4 Å². The maximum atomic E-state index is 14.4. The maximum Gasteiger partial charge on any atom is 0.270 e. The van der Waals surface area contributed by atoms with E-state index >= 15 is 0 Å². The van der Waals surface area contributed by atoms with Crippen LogP contribution >= 0.6 is 11.3 Å². The summed E-state index contributed by atoms with van der Waals surface area (Å²) in [6.45, 7) is 1.71. The highest BCUT2D eigenvalue weighted by atomic mass is 32.2. The number of nitrogens with one attached hydrogen (secondary N) is 1. The molecule has 0 atom stereocenters. The van der Waals surface area contributed by atoms with Crippen LogP contribution in [0.25, 0.3) is 0 Å². The molecule has 0 radical (unpaired) electrons. The lowest BCUT2D eigenvalue weighted by Gasteiger charge is -2.26. The molecular formula is C22H19F2N3O4S2. The first kappa shape index (κ1) is 23.0. The van der Waals surface area contributed by atoms with Crippen molar-refractivity contribution in [2.24, 2.45) is 0 Å². The third-order valence-electron chi connectivity index (χ3n) is 5.21. The SMILES string of the molecule is CCS(=O)(=O)c1ccc(CC(=O)Nc2nc3c(s2)C(=O)N(c2ccccc2F)CC3)c(F)c1. The van der Waals surface area contributed by atoms with Crippen LogP contribution in [0.1, 0.15) is 27.9 Å². The predicted molar refractivity (Wildman–Crippen MR) is 120 cm³/mol. The third kappa shape index (κ3) is 4.64. The van der Waals surface area contributed by atoms with Gasteiger partial charge in [-0.3, -0.25) is 9.59 Å². The number of carbonyl (C=O) groups is 2. The van der Waals surface area contributed by atoms with Gasteiger partial charge in [0.15, 0.2) is 15.0 Å². The average Bonchev–Trinajstić information content (AvgIpc) is 3.19. The van der Waals surface area contributed by atoms with Gasteiger partial charge in [0.25, 0.3) is 5.91 Å². The summed E-state index contributed by atoms with van der Waals surface area (Å²) in [5, 5.41) is 2.74. The van der Waals surface area contributed by atoms with Gasteiger partial charge in [0.1, 0.15) is 16.5 Å². The van der Waals surface area contributed by atoms with E-state index in [-0.39, 0.29) is 40.0 Å². The Hall–Kier alpha value is -3.18. The van der Waals surface area contributed by atoms with E-state index in [0.717, 1.165) is 17.4 Å². The Morgan fingerprint density at radius 3 is 2.64 bits per heavy atom. The molecule has 2 aromatic carbocycles. The molecule has 4 rings (SSSR count). The zero-order valence-corrected chi connectivity index (χ0v) is 19.1. The largest absolute Gasteiger partial charge is 0.304 e. The van der Waals surface area contributed by atoms with Gasteiger partial charge in [0.05, 0.1) is 28.5 Å². The fourth-order valence-corrected chi connectivity index (χ4v) is 5.32. The van der Waals surface area contributed by atoms with Crippen molar-refractivity contribution < 1.29 is 26.8 Å². The Balaban J connectivity index is 1.47. The summed E-state index contributed by atoms with van der Waals surface area (Å²) in [4.78, 5) is 31.1.